The SMILES string of the molecule is COCCn1cc(NCCNC(=O)OC(C)(C)C)ccc1=O. The van der Waals surface area contributed by atoms with Crippen molar-refractivity contribution in [2.24, 2.45) is 0 Å². The number of hydrogen-bond acceptors (Lipinski definition) is 5. The zero-order chi connectivity index (χ0) is 16.6. The molecule has 7 nitrogen and oxygen atoms in total. The van der Waals surface area contributed by atoms with Gasteiger partial charge in [-0.1, -0.05) is 0 Å². The summed E-state index contributed by atoms with van der Waals surface area (Å²) < 4.78 is 11.7. The Balaban J connectivity index is 2.39. The minimum absolute atomic E-state index is 0.0746. The molecule has 124 valence electrons. The molecule has 1 rings (SSSR count). The van der Waals surface area contributed by atoms with Crippen molar-refractivity contribution in [1.29, 1.82) is 0 Å². The molecule has 1 aromatic heterocycles. The molecule has 0 saturated heterocycles. The van der Waals surface area contributed by atoms with Gasteiger partial charge in [0, 0.05) is 39.0 Å². The van der Waals surface area contributed by atoms with E-state index in [1.807, 2.05) is 20.8 Å². The highest BCUT2D eigenvalue weighted by Gasteiger charge is 2.15. The van der Waals surface area contributed by atoms with Gasteiger partial charge in [0.15, 0.2) is 0 Å². The van der Waals surface area contributed by atoms with Gasteiger partial charge >= 0.3 is 6.09 Å². The highest BCUT2D eigenvalue weighted by Crippen LogP contribution is 2.06. The maximum absolute atomic E-state index is 11.6. The number of aromatic nitrogens is 1. The molecule has 0 aliphatic rings. The Hall–Kier alpha value is -2.02. The molecule has 0 aliphatic carbocycles. The van der Waals surface area contributed by atoms with Crippen LogP contribution in [0.4, 0.5) is 10.5 Å². The molecular weight excluding hydrogens is 286 g/mol. The molecule has 1 aromatic rings. The van der Waals surface area contributed by atoms with E-state index in [-0.39, 0.29) is 5.56 Å². The number of alkyl carbamates (subject to hydrolysis) is 1. The molecular formula is C15H25N3O4. The molecule has 0 atom stereocenters. The van der Waals surface area contributed by atoms with Crippen molar-refractivity contribution < 1.29 is 14.3 Å². The Morgan fingerprint density at radius 1 is 1.27 bits per heavy atom. The second-order valence-electron chi connectivity index (χ2n) is 5.80. The summed E-state index contributed by atoms with van der Waals surface area (Å²) in [4.78, 5) is 23.1. The molecule has 0 radical (unpaired) electrons. The average Bonchev–Trinajstić information content (AvgIpc) is 2.42. The molecule has 0 unspecified atom stereocenters. The number of hydrogen-bond donors (Lipinski definition) is 2. The van der Waals surface area contributed by atoms with Gasteiger partial charge in [-0.2, -0.15) is 0 Å². The summed E-state index contributed by atoms with van der Waals surface area (Å²) in [6.07, 6.45) is 1.29. The summed E-state index contributed by atoms with van der Waals surface area (Å²) in [7, 11) is 1.59. The fourth-order valence-electron chi connectivity index (χ4n) is 1.69. The predicted molar refractivity (Wildman–Crippen MR) is 85.3 cm³/mol. The Labute approximate surface area is 130 Å². The quantitative estimate of drug-likeness (QED) is 0.745. The number of methoxy groups -OCH3 is 1. The molecule has 22 heavy (non-hydrogen) atoms. The van der Waals surface area contributed by atoms with E-state index in [0.29, 0.717) is 26.2 Å². The zero-order valence-electron chi connectivity index (χ0n) is 13.6. The number of nitrogens with zero attached hydrogens (tertiary/aromatic N) is 1. The van der Waals surface area contributed by atoms with Gasteiger partial charge in [0.2, 0.25) is 0 Å². The van der Waals surface area contributed by atoms with Crippen molar-refractivity contribution in [3.05, 3.63) is 28.7 Å². The summed E-state index contributed by atoms with van der Waals surface area (Å²) in [5.41, 5.74) is 0.227. The summed E-state index contributed by atoms with van der Waals surface area (Å²) in [6, 6.07) is 3.21. The Morgan fingerprint density at radius 3 is 2.64 bits per heavy atom. The van der Waals surface area contributed by atoms with Gasteiger partial charge in [0.25, 0.3) is 5.56 Å². The lowest BCUT2D eigenvalue weighted by Crippen LogP contribution is -2.35. The van der Waals surface area contributed by atoms with E-state index in [0.717, 1.165) is 5.69 Å². The average molecular weight is 311 g/mol. The van der Waals surface area contributed by atoms with Gasteiger partial charge in [-0.05, 0) is 26.8 Å². The van der Waals surface area contributed by atoms with Crippen molar-refractivity contribution in [2.45, 2.75) is 32.9 Å². The lowest BCUT2D eigenvalue weighted by molar-refractivity contribution is 0.0530. The Bertz CT molecular complexity index is 534. The zero-order valence-corrected chi connectivity index (χ0v) is 13.6. The van der Waals surface area contributed by atoms with Crippen LogP contribution in [0.3, 0.4) is 0 Å². The van der Waals surface area contributed by atoms with Crippen molar-refractivity contribution in [3.63, 3.8) is 0 Å². The molecule has 0 bridgehead atoms. The van der Waals surface area contributed by atoms with Crippen molar-refractivity contribution in [3.8, 4) is 0 Å². The number of rotatable bonds is 7. The molecule has 1 heterocycles. The third-order valence-electron chi connectivity index (χ3n) is 2.64. The monoisotopic (exact) mass is 311 g/mol. The van der Waals surface area contributed by atoms with Crippen LogP contribution in [-0.2, 0) is 16.0 Å². The van der Waals surface area contributed by atoms with Crippen LogP contribution in [0, 0.1) is 0 Å². The van der Waals surface area contributed by atoms with Gasteiger partial charge in [0.1, 0.15) is 5.60 Å². The van der Waals surface area contributed by atoms with Crippen LogP contribution >= 0.6 is 0 Å². The maximum atomic E-state index is 11.6. The second kappa shape index (κ2) is 8.43. The van der Waals surface area contributed by atoms with E-state index in [1.54, 1.807) is 23.9 Å². The molecule has 0 fully saturated rings. The number of ether oxygens (including phenoxy) is 2. The van der Waals surface area contributed by atoms with Gasteiger partial charge in [0.05, 0.1) is 12.3 Å². The standard InChI is InChI=1S/C15H25N3O4/c1-15(2,3)22-14(20)17-8-7-16-12-5-6-13(19)18(11-12)9-10-21-4/h5-6,11,16H,7-10H2,1-4H3,(H,17,20). The predicted octanol–water partition coefficient (Wildman–Crippen LogP) is 1.43. The minimum atomic E-state index is -0.506. The lowest BCUT2D eigenvalue weighted by atomic mass is 10.2. The van der Waals surface area contributed by atoms with E-state index in [9.17, 15) is 9.59 Å². The van der Waals surface area contributed by atoms with Crippen molar-refractivity contribution in [1.82, 2.24) is 9.88 Å². The topological polar surface area (TPSA) is 81.6 Å². The minimum Gasteiger partial charge on any atom is -0.444 e. The van der Waals surface area contributed by atoms with Crippen LogP contribution in [0.15, 0.2) is 23.1 Å². The molecule has 0 spiro atoms. The molecule has 0 saturated carbocycles. The maximum Gasteiger partial charge on any atom is 0.407 e. The first-order valence-electron chi connectivity index (χ1n) is 7.22. The number of anilines is 1. The number of nitrogens with one attached hydrogen (secondary N) is 2. The lowest BCUT2D eigenvalue weighted by Gasteiger charge is -2.19. The van der Waals surface area contributed by atoms with E-state index >= 15 is 0 Å². The Morgan fingerprint density at radius 2 is 2.00 bits per heavy atom. The first kappa shape index (κ1) is 18.0. The van der Waals surface area contributed by atoms with Gasteiger partial charge < -0.3 is 24.7 Å². The van der Waals surface area contributed by atoms with Crippen molar-refractivity contribution >= 4 is 11.8 Å². The van der Waals surface area contributed by atoms with Gasteiger partial charge in [-0.3, -0.25) is 4.79 Å². The summed E-state index contributed by atoms with van der Waals surface area (Å²) in [5.74, 6) is 0. The molecule has 7 heteroatoms. The number of carbonyl (C=O) groups is 1. The van der Waals surface area contributed by atoms with Gasteiger partial charge in [-0.25, -0.2) is 4.79 Å². The fourth-order valence-corrected chi connectivity index (χ4v) is 1.69. The largest absolute Gasteiger partial charge is 0.444 e. The summed E-state index contributed by atoms with van der Waals surface area (Å²) in [6.45, 7) is 7.37. The van der Waals surface area contributed by atoms with Crippen LogP contribution in [-0.4, -0.2) is 43.1 Å². The number of pyridine rings is 1. The smallest absolute Gasteiger partial charge is 0.407 e. The van der Waals surface area contributed by atoms with E-state index in [4.69, 9.17) is 9.47 Å². The third-order valence-corrected chi connectivity index (χ3v) is 2.64. The van der Waals surface area contributed by atoms with E-state index in [2.05, 4.69) is 10.6 Å². The normalized spacial score (nSPS) is 11.1. The highest BCUT2D eigenvalue weighted by molar-refractivity contribution is 5.67. The Kier molecular flexibility index (Phi) is 6.91. The summed E-state index contributed by atoms with van der Waals surface area (Å²) >= 11 is 0. The second-order valence-corrected chi connectivity index (χ2v) is 5.80. The molecule has 2 N–H and O–H groups in total. The fraction of sp³-hybridized carbons (Fsp3) is 0.600. The summed E-state index contributed by atoms with van der Waals surface area (Å²) in [5, 5.41) is 5.79. The third kappa shape index (κ3) is 7.12. The molecule has 0 aromatic carbocycles. The van der Waals surface area contributed by atoms with Crippen LogP contribution < -0.4 is 16.2 Å². The highest BCUT2D eigenvalue weighted by atomic mass is 16.6. The van der Waals surface area contributed by atoms with Crippen LogP contribution in [0.5, 0.6) is 0 Å². The molecule has 1 amide bonds. The number of carbonyl (C=O) groups excluding carboxylic acids is 1. The van der Waals surface area contributed by atoms with Crippen molar-refractivity contribution in [2.75, 3.05) is 32.1 Å². The van der Waals surface area contributed by atoms with Gasteiger partial charge in [-0.15, -0.1) is 0 Å². The van der Waals surface area contributed by atoms with E-state index in [1.165, 1.54) is 6.07 Å². The molecule has 0 aliphatic heterocycles. The first-order chi connectivity index (χ1) is 10.3. The van der Waals surface area contributed by atoms with Crippen LogP contribution in [0.25, 0.3) is 0 Å². The van der Waals surface area contributed by atoms with Crippen LogP contribution in [0.1, 0.15) is 20.8 Å². The number of amides is 1. The van der Waals surface area contributed by atoms with E-state index < -0.39 is 11.7 Å². The first-order valence-corrected chi connectivity index (χ1v) is 7.22. The van der Waals surface area contributed by atoms with Crippen LogP contribution in [0.2, 0.25) is 0 Å².